The molecule has 7 heteroatoms. The van der Waals surface area contributed by atoms with E-state index in [9.17, 15) is 9.59 Å². The molecule has 1 aromatic rings. The molecule has 120 valence electrons. The van der Waals surface area contributed by atoms with E-state index in [1.807, 2.05) is 0 Å². The van der Waals surface area contributed by atoms with Crippen LogP contribution in [-0.2, 0) is 16.0 Å². The average Bonchev–Trinajstić information content (AvgIpc) is 2.51. The molecule has 0 spiro atoms. The van der Waals surface area contributed by atoms with Gasteiger partial charge in [0.15, 0.2) is 0 Å². The fourth-order valence-corrected chi connectivity index (χ4v) is 2.17. The lowest BCUT2D eigenvalue weighted by Gasteiger charge is -2.18. The molecule has 3 unspecified atom stereocenters. The molecule has 0 saturated carbocycles. The zero-order valence-electron chi connectivity index (χ0n) is 12.5. The molecule has 0 radical (unpaired) electrons. The second kappa shape index (κ2) is 10.1. The third kappa shape index (κ3) is 6.86. The van der Waals surface area contributed by atoms with Gasteiger partial charge in [0.1, 0.15) is 6.04 Å². The maximum Gasteiger partial charge on any atom is 0.240 e. The predicted octanol–water partition coefficient (Wildman–Crippen LogP) is -0.323. The topological polar surface area (TPSA) is 110 Å². The number of rotatable bonds is 10. The van der Waals surface area contributed by atoms with Crippen LogP contribution in [0.15, 0.2) is 18.2 Å². The normalized spacial score (nSPS) is 13.0. The molecule has 0 bridgehead atoms. The van der Waals surface area contributed by atoms with Gasteiger partial charge in [-0.1, -0.05) is 27.9 Å². The second-order valence-electron chi connectivity index (χ2n) is 5.07. The molecule has 1 aromatic carbocycles. The molecular weight excluding hydrogens is 299 g/mol. The van der Waals surface area contributed by atoms with Crippen LogP contribution in [0.1, 0.15) is 24.8 Å². The zero-order valence-corrected chi connectivity index (χ0v) is 13.6. The highest BCUT2D eigenvalue weighted by Crippen LogP contribution is 2.03. The summed E-state index contributed by atoms with van der Waals surface area (Å²) in [5.74, 6) is -0.935. The van der Waals surface area contributed by atoms with Crippen molar-refractivity contribution in [2.75, 3.05) is 6.54 Å². The highest BCUT2D eigenvalue weighted by molar-refractivity contribution is 7.13. The number of carbonyl (C=O) groups excluding carboxylic acids is 2. The predicted molar refractivity (Wildman–Crippen MR) is 88.5 cm³/mol. The van der Waals surface area contributed by atoms with Crippen molar-refractivity contribution >= 4 is 21.2 Å². The fraction of sp³-hybridized carbons (Fsp3) is 0.467. The van der Waals surface area contributed by atoms with Crippen LogP contribution in [0.4, 0.5) is 0 Å². The molecule has 0 saturated heterocycles. The first kappa shape index (κ1) is 18.4. The zero-order chi connectivity index (χ0) is 16.4. The standard InChI is InChI=1S/C15H23N4O2P/c16-12(8-4-5-9-18-22)15(21)19-13(14(17)20)10-11-6-2-1-3-7-11/h2,6-7,12-13,18H,4-5,8-10,16,22H2,(H2,17,20)(H,19,21). The molecule has 0 aliphatic rings. The molecular formula is C15H23N4O2P. The van der Waals surface area contributed by atoms with Gasteiger partial charge in [-0.25, -0.2) is 0 Å². The number of hydrogen-bond donors (Lipinski definition) is 4. The van der Waals surface area contributed by atoms with Crippen molar-refractivity contribution in [1.29, 1.82) is 0 Å². The lowest BCUT2D eigenvalue weighted by Crippen LogP contribution is -2.51. The Labute approximate surface area is 133 Å². The number of unbranched alkanes of at least 4 members (excludes halogenated alkanes) is 1. The van der Waals surface area contributed by atoms with Crippen LogP contribution in [0.3, 0.4) is 0 Å². The molecule has 0 fully saturated rings. The van der Waals surface area contributed by atoms with Crippen molar-refractivity contribution in [3.05, 3.63) is 35.9 Å². The van der Waals surface area contributed by atoms with E-state index in [2.05, 4.69) is 31.9 Å². The van der Waals surface area contributed by atoms with Crippen LogP contribution in [0.5, 0.6) is 0 Å². The average molecular weight is 322 g/mol. The first-order valence-corrected chi connectivity index (χ1v) is 7.77. The summed E-state index contributed by atoms with van der Waals surface area (Å²) < 4.78 is 0. The lowest BCUT2D eigenvalue weighted by molar-refractivity contribution is -0.128. The Morgan fingerprint density at radius 1 is 1.32 bits per heavy atom. The maximum atomic E-state index is 12.0. The fourth-order valence-electron chi connectivity index (χ4n) is 1.97. The summed E-state index contributed by atoms with van der Waals surface area (Å²) in [5, 5.41) is 5.58. The highest BCUT2D eigenvalue weighted by Gasteiger charge is 2.21. The van der Waals surface area contributed by atoms with Crippen molar-refractivity contribution in [1.82, 2.24) is 10.4 Å². The van der Waals surface area contributed by atoms with E-state index in [0.29, 0.717) is 12.8 Å². The molecule has 0 heterocycles. The SMILES string of the molecule is NC(=O)C(Cc1cc#ccc1)NC(=O)C(N)CCCCNP. The summed E-state index contributed by atoms with van der Waals surface area (Å²) in [4.78, 5) is 23.5. The van der Waals surface area contributed by atoms with Crippen LogP contribution < -0.4 is 21.9 Å². The van der Waals surface area contributed by atoms with Gasteiger partial charge in [0.05, 0.1) is 6.04 Å². The number of amides is 2. The van der Waals surface area contributed by atoms with Gasteiger partial charge in [0.25, 0.3) is 0 Å². The van der Waals surface area contributed by atoms with Gasteiger partial charge in [-0.2, -0.15) is 0 Å². The van der Waals surface area contributed by atoms with E-state index in [0.717, 1.165) is 24.9 Å². The first-order chi connectivity index (χ1) is 10.5. The summed E-state index contributed by atoms with van der Waals surface area (Å²) in [5.41, 5.74) is 12.0. The van der Waals surface area contributed by atoms with E-state index >= 15 is 0 Å². The number of hydrogen-bond acceptors (Lipinski definition) is 4. The molecule has 22 heavy (non-hydrogen) atoms. The Bertz CT molecular complexity index is 470. The molecule has 3 atom stereocenters. The van der Waals surface area contributed by atoms with Gasteiger partial charge in [0.2, 0.25) is 11.8 Å². The monoisotopic (exact) mass is 322 g/mol. The van der Waals surface area contributed by atoms with E-state index < -0.39 is 18.0 Å². The Hall–Kier alpha value is -1.67. The van der Waals surface area contributed by atoms with Crippen molar-refractivity contribution in [2.45, 2.75) is 37.8 Å². The molecule has 1 rings (SSSR count). The molecule has 6 N–H and O–H groups in total. The van der Waals surface area contributed by atoms with Crippen molar-refractivity contribution in [2.24, 2.45) is 11.5 Å². The first-order valence-electron chi connectivity index (χ1n) is 7.20. The molecule has 0 aromatic heterocycles. The maximum absolute atomic E-state index is 12.0. The number of primary amides is 1. The van der Waals surface area contributed by atoms with Crippen LogP contribution in [-0.4, -0.2) is 30.4 Å². The minimum Gasteiger partial charge on any atom is -0.368 e. The summed E-state index contributed by atoms with van der Waals surface area (Å²) in [6, 6.07) is 9.36. The van der Waals surface area contributed by atoms with E-state index in [4.69, 9.17) is 11.5 Å². The summed E-state index contributed by atoms with van der Waals surface area (Å²) >= 11 is 0. The second-order valence-corrected chi connectivity index (χ2v) is 5.47. The van der Waals surface area contributed by atoms with E-state index in [-0.39, 0.29) is 5.91 Å². The van der Waals surface area contributed by atoms with Crippen molar-refractivity contribution < 1.29 is 9.59 Å². The third-order valence-electron chi connectivity index (χ3n) is 3.24. The van der Waals surface area contributed by atoms with E-state index in [1.165, 1.54) is 0 Å². The minimum atomic E-state index is -0.775. The number of nitrogens with one attached hydrogen (secondary N) is 2. The Morgan fingerprint density at radius 3 is 2.68 bits per heavy atom. The van der Waals surface area contributed by atoms with Gasteiger partial charge in [0, 0.05) is 6.42 Å². The molecule has 6 nitrogen and oxygen atoms in total. The largest absolute Gasteiger partial charge is 0.368 e. The van der Waals surface area contributed by atoms with Crippen molar-refractivity contribution in [3.63, 3.8) is 0 Å². The minimum absolute atomic E-state index is 0.315. The van der Waals surface area contributed by atoms with Gasteiger partial charge in [-0.15, -0.1) is 0 Å². The third-order valence-corrected chi connectivity index (χ3v) is 3.53. The highest BCUT2D eigenvalue weighted by atomic mass is 31.0. The number of nitrogens with two attached hydrogens (primary N) is 2. The quantitative estimate of drug-likeness (QED) is 0.349. The van der Waals surface area contributed by atoms with Gasteiger partial charge in [-0.3, -0.25) is 9.59 Å². The molecule has 0 aliphatic heterocycles. The Balaban J connectivity index is 2.48. The van der Waals surface area contributed by atoms with Gasteiger partial charge < -0.3 is 21.9 Å². The van der Waals surface area contributed by atoms with Crippen LogP contribution in [0.25, 0.3) is 0 Å². The Kier molecular flexibility index (Phi) is 8.46. The smallest absolute Gasteiger partial charge is 0.240 e. The summed E-state index contributed by atoms with van der Waals surface area (Å²) in [7, 11) is 2.43. The van der Waals surface area contributed by atoms with Crippen LogP contribution in [0, 0.1) is 12.1 Å². The summed E-state index contributed by atoms with van der Waals surface area (Å²) in [6.45, 7) is 0.852. The summed E-state index contributed by atoms with van der Waals surface area (Å²) in [6.07, 6.45) is 2.65. The lowest BCUT2D eigenvalue weighted by atomic mass is 10.0. The van der Waals surface area contributed by atoms with Crippen molar-refractivity contribution in [3.8, 4) is 0 Å². The van der Waals surface area contributed by atoms with Crippen LogP contribution in [0.2, 0.25) is 0 Å². The van der Waals surface area contributed by atoms with E-state index in [1.54, 1.807) is 18.2 Å². The molecule has 2 amide bonds. The molecule has 0 aliphatic carbocycles. The van der Waals surface area contributed by atoms with Gasteiger partial charge >= 0.3 is 0 Å². The van der Waals surface area contributed by atoms with Gasteiger partial charge in [-0.05, 0) is 43.1 Å². The number of carbonyl (C=O) groups is 2. The Morgan fingerprint density at radius 2 is 2.09 bits per heavy atom. The van der Waals surface area contributed by atoms with Crippen LogP contribution >= 0.6 is 9.39 Å².